The third-order valence-corrected chi connectivity index (χ3v) is 3.11. The van der Waals surface area contributed by atoms with Crippen LogP contribution in [-0.4, -0.2) is 31.1 Å². The number of nitrogens with one attached hydrogen (secondary N) is 1. The molecule has 0 amide bonds. The quantitative estimate of drug-likeness (QED) is 0.903. The van der Waals surface area contributed by atoms with Crippen LogP contribution in [0.4, 0.5) is 8.78 Å². The summed E-state index contributed by atoms with van der Waals surface area (Å²) >= 11 is 0. The number of halogens is 4. The molecule has 1 saturated heterocycles. The number of piperazine rings is 1. The van der Waals surface area contributed by atoms with Gasteiger partial charge in [-0.25, -0.2) is 8.78 Å². The molecule has 1 atom stereocenters. The normalized spacial score (nSPS) is 17.5. The van der Waals surface area contributed by atoms with Crippen LogP contribution in [0.1, 0.15) is 18.5 Å². The van der Waals surface area contributed by atoms with Crippen molar-refractivity contribution in [1.82, 2.24) is 10.2 Å². The van der Waals surface area contributed by atoms with E-state index in [2.05, 4.69) is 10.2 Å². The Bertz CT molecular complexity index is 371. The van der Waals surface area contributed by atoms with E-state index in [0.29, 0.717) is 5.56 Å². The fraction of sp³-hybridized carbons (Fsp3) is 0.500. The second kappa shape index (κ2) is 7.89. The maximum absolute atomic E-state index is 13.6. The average molecular weight is 299 g/mol. The third-order valence-electron chi connectivity index (χ3n) is 3.11. The summed E-state index contributed by atoms with van der Waals surface area (Å²) in [6.07, 6.45) is 0. The molecule has 104 valence electrons. The van der Waals surface area contributed by atoms with E-state index in [9.17, 15) is 8.78 Å². The summed E-state index contributed by atoms with van der Waals surface area (Å²) in [6.45, 7) is 5.61. The first kappa shape index (κ1) is 17.6. The molecule has 2 rings (SSSR count). The lowest BCUT2D eigenvalue weighted by Crippen LogP contribution is -2.44. The van der Waals surface area contributed by atoms with Crippen molar-refractivity contribution in [2.45, 2.75) is 13.0 Å². The fourth-order valence-corrected chi connectivity index (χ4v) is 2.11. The Morgan fingerprint density at radius 1 is 1.17 bits per heavy atom. The van der Waals surface area contributed by atoms with Crippen molar-refractivity contribution < 1.29 is 8.78 Å². The van der Waals surface area contributed by atoms with E-state index in [-0.39, 0.29) is 30.9 Å². The summed E-state index contributed by atoms with van der Waals surface area (Å²) in [5, 5.41) is 3.25. The van der Waals surface area contributed by atoms with Crippen molar-refractivity contribution in [2.75, 3.05) is 26.2 Å². The minimum Gasteiger partial charge on any atom is -0.314 e. The molecule has 1 aliphatic rings. The lowest BCUT2D eigenvalue weighted by molar-refractivity contribution is 0.182. The van der Waals surface area contributed by atoms with Crippen molar-refractivity contribution in [3.63, 3.8) is 0 Å². The molecule has 0 aromatic heterocycles. The van der Waals surface area contributed by atoms with Crippen LogP contribution in [-0.2, 0) is 0 Å². The van der Waals surface area contributed by atoms with E-state index < -0.39 is 11.6 Å². The van der Waals surface area contributed by atoms with Gasteiger partial charge in [0, 0.05) is 43.9 Å². The van der Waals surface area contributed by atoms with Crippen molar-refractivity contribution in [2.24, 2.45) is 0 Å². The predicted octanol–water partition coefficient (Wildman–Crippen LogP) is 2.77. The number of nitrogens with zero attached hydrogens (tertiary/aromatic N) is 1. The highest BCUT2D eigenvalue weighted by Crippen LogP contribution is 2.23. The van der Waals surface area contributed by atoms with Crippen LogP contribution in [0, 0.1) is 11.6 Å². The Labute approximate surface area is 119 Å². The highest BCUT2D eigenvalue weighted by atomic mass is 35.5. The van der Waals surface area contributed by atoms with Crippen molar-refractivity contribution >= 4 is 24.8 Å². The Morgan fingerprint density at radius 2 is 1.78 bits per heavy atom. The molecule has 0 aliphatic carbocycles. The Balaban J connectivity index is 0.00000144. The third kappa shape index (κ3) is 4.05. The molecule has 0 unspecified atom stereocenters. The average Bonchev–Trinajstić information content (AvgIpc) is 2.29. The molecule has 1 heterocycles. The summed E-state index contributed by atoms with van der Waals surface area (Å²) < 4.78 is 26.4. The number of hydrogen-bond acceptors (Lipinski definition) is 2. The Hall–Kier alpha value is -0.420. The van der Waals surface area contributed by atoms with Crippen LogP contribution >= 0.6 is 24.8 Å². The van der Waals surface area contributed by atoms with Gasteiger partial charge in [0.25, 0.3) is 0 Å². The van der Waals surface area contributed by atoms with Gasteiger partial charge < -0.3 is 5.32 Å². The summed E-state index contributed by atoms with van der Waals surface area (Å²) in [4.78, 5) is 2.20. The maximum atomic E-state index is 13.6. The van der Waals surface area contributed by atoms with Crippen LogP contribution in [0.15, 0.2) is 18.2 Å². The standard InChI is InChI=1S/C12H16F2N2.2ClH/c1-9(16-6-4-15-5-7-16)11-3-2-10(13)8-12(11)14;;/h2-3,8-9,15H,4-7H2,1H3;2*1H/t9-;;/m0../s1. The van der Waals surface area contributed by atoms with E-state index in [1.165, 1.54) is 12.1 Å². The molecule has 1 N–H and O–H groups in total. The highest BCUT2D eigenvalue weighted by molar-refractivity contribution is 5.85. The van der Waals surface area contributed by atoms with Crippen LogP contribution in [0.5, 0.6) is 0 Å². The smallest absolute Gasteiger partial charge is 0.130 e. The summed E-state index contributed by atoms with van der Waals surface area (Å²) in [7, 11) is 0. The largest absolute Gasteiger partial charge is 0.314 e. The molecular weight excluding hydrogens is 281 g/mol. The Kier molecular flexibility index (Phi) is 7.71. The SMILES string of the molecule is C[C@@H](c1ccc(F)cc1F)N1CCNCC1.Cl.Cl. The first-order valence-corrected chi connectivity index (χ1v) is 5.58. The summed E-state index contributed by atoms with van der Waals surface area (Å²) in [6, 6.07) is 3.81. The van der Waals surface area contributed by atoms with E-state index in [1.807, 2.05) is 6.92 Å². The van der Waals surface area contributed by atoms with E-state index in [1.54, 1.807) is 0 Å². The van der Waals surface area contributed by atoms with E-state index in [0.717, 1.165) is 32.2 Å². The minimum atomic E-state index is -0.520. The molecule has 6 heteroatoms. The first-order chi connectivity index (χ1) is 7.68. The van der Waals surface area contributed by atoms with Crippen molar-refractivity contribution in [3.8, 4) is 0 Å². The predicted molar refractivity (Wildman–Crippen MR) is 73.7 cm³/mol. The van der Waals surface area contributed by atoms with Crippen LogP contribution in [0.25, 0.3) is 0 Å². The van der Waals surface area contributed by atoms with Gasteiger partial charge in [0.05, 0.1) is 0 Å². The molecule has 2 nitrogen and oxygen atoms in total. The lowest BCUT2D eigenvalue weighted by Gasteiger charge is -2.33. The second-order valence-corrected chi connectivity index (χ2v) is 4.13. The van der Waals surface area contributed by atoms with Gasteiger partial charge in [-0.05, 0) is 13.0 Å². The summed E-state index contributed by atoms with van der Waals surface area (Å²) in [5.74, 6) is -0.972. The van der Waals surface area contributed by atoms with Gasteiger partial charge in [-0.2, -0.15) is 0 Å². The first-order valence-electron chi connectivity index (χ1n) is 5.58. The van der Waals surface area contributed by atoms with E-state index >= 15 is 0 Å². The monoisotopic (exact) mass is 298 g/mol. The van der Waals surface area contributed by atoms with E-state index in [4.69, 9.17) is 0 Å². The van der Waals surface area contributed by atoms with Crippen LogP contribution in [0.3, 0.4) is 0 Å². The minimum absolute atomic E-state index is 0. The molecule has 0 radical (unpaired) electrons. The highest BCUT2D eigenvalue weighted by Gasteiger charge is 2.20. The second-order valence-electron chi connectivity index (χ2n) is 4.13. The lowest BCUT2D eigenvalue weighted by atomic mass is 10.1. The summed E-state index contributed by atoms with van der Waals surface area (Å²) in [5.41, 5.74) is 0.573. The fourth-order valence-electron chi connectivity index (χ4n) is 2.11. The van der Waals surface area contributed by atoms with Gasteiger partial charge in [0.15, 0.2) is 0 Å². The number of rotatable bonds is 2. The number of benzene rings is 1. The number of hydrogen-bond donors (Lipinski definition) is 1. The van der Waals surface area contributed by atoms with Crippen molar-refractivity contribution in [3.05, 3.63) is 35.4 Å². The van der Waals surface area contributed by atoms with Gasteiger partial charge in [0.2, 0.25) is 0 Å². The molecule has 1 fully saturated rings. The molecule has 18 heavy (non-hydrogen) atoms. The zero-order valence-corrected chi connectivity index (χ0v) is 11.8. The van der Waals surface area contributed by atoms with Crippen molar-refractivity contribution in [1.29, 1.82) is 0 Å². The molecule has 1 aromatic rings. The van der Waals surface area contributed by atoms with Gasteiger partial charge in [-0.3, -0.25) is 4.90 Å². The molecule has 0 saturated carbocycles. The molecule has 0 bridgehead atoms. The topological polar surface area (TPSA) is 15.3 Å². The van der Waals surface area contributed by atoms with Gasteiger partial charge in [-0.15, -0.1) is 24.8 Å². The molecular formula is C12H18Cl2F2N2. The van der Waals surface area contributed by atoms with Gasteiger partial charge in [-0.1, -0.05) is 6.07 Å². The Morgan fingerprint density at radius 3 is 2.33 bits per heavy atom. The van der Waals surface area contributed by atoms with Gasteiger partial charge in [0.1, 0.15) is 11.6 Å². The maximum Gasteiger partial charge on any atom is 0.130 e. The zero-order valence-electron chi connectivity index (χ0n) is 10.2. The van der Waals surface area contributed by atoms with Crippen LogP contribution < -0.4 is 5.32 Å². The molecule has 1 aromatic carbocycles. The molecule has 0 spiro atoms. The van der Waals surface area contributed by atoms with Gasteiger partial charge >= 0.3 is 0 Å². The molecule has 1 aliphatic heterocycles. The van der Waals surface area contributed by atoms with Crippen LogP contribution in [0.2, 0.25) is 0 Å². The zero-order chi connectivity index (χ0) is 11.5.